The Morgan fingerprint density at radius 1 is 0.864 bits per heavy atom. The van der Waals surface area contributed by atoms with Crippen molar-refractivity contribution in [1.29, 1.82) is 0 Å². The number of carbonyl (C=O) groups excluding carboxylic acids is 1. The summed E-state index contributed by atoms with van der Waals surface area (Å²) >= 11 is 6.83. The van der Waals surface area contributed by atoms with Gasteiger partial charge in [0.1, 0.15) is 0 Å². The van der Waals surface area contributed by atoms with Crippen LogP contribution in [0.5, 0.6) is 0 Å². The van der Waals surface area contributed by atoms with Gasteiger partial charge in [-0.05, 0) is 62.4 Å². The van der Waals surface area contributed by atoms with Gasteiger partial charge in [-0.25, -0.2) is 4.79 Å². The predicted octanol–water partition coefficient (Wildman–Crippen LogP) is 5.68. The van der Waals surface area contributed by atoms with Crippen molar-refractivity contribution < 1.29 is 4.79 Å². The van der Waals surface area contributed by atoms with Crippen molar-refractivity contribution in [1.82, 2.24) is 0 Å². The molecule has 116 valence electrons. The van der Waals surface area contributed by atoms with Gasteiger partial charge in [-0.2, -0.15) is 0 Å². The van der Waals surface area contributed by atoms with Crippen LogP contribution < -0.4 is 9.80 Å². The maximum absolute atomic E-state index is 12.9. The van der Waals surface area contributed by atoms with Crippen molar-refractivity contribution in [3.63, 3.8) is 0 Å². The van der Waals surface area contributed by atoms with Crippen LogP contribution in [0.3, 0.4) is 0 Å². The van der Waals surface area contributed by atoms with E-state index in [9.17, 15) is 4.79 Å². The van der Waals surface area contributed by atoms with Crippen molar-refractivity contribution >= 4 is 49.3 Å². The molecule has 0 aliphatic rings. The van der Waals surface area contributed by atoms with Gasteiger partial charge in [0.05, 0.1) is 0 Å². The average molecular weight is 426 g/mol. The van der Waals surface area contributed by atoms with Crippen molar-refractivity contribution in [3.8, 4) is 0 Å². The van der Waals surface area contributed by atoms with Crippen LogP contribution in [-0.2, 0) is 0 Å². The number of hydrogen-bond donors (Lipinski definition) is 0. The minimum Gasteiger partial charge on any atom is -0.297 e. The molecule has 2 aromatic rings. The van der Waals surface area contributed by atoms with E-state index in [1.807, 2.05) is 62.4 Å². The highest BCUT2D eigenvalue weighted by molar-refractivity contribution is 9.10. The van der Waals surface area contributed by atoms with Crippen LogP contribution in [0.15, 0.2) is 57.5 Å². The highest BCUT2D eigenvalue weighted by Crippen LogP contribution is 2.24. The zero-order chi connectivity index (χ0) is 16.3. The summed E-state index contributed by atoms with van der Waals surface area (Å²) in [5.41, 5.74) is 1.74. The molecule has 0 heterocycles. The fraction of sp³-hybridized carbons (Fsp3) is 0.235. The molecule has 0 aliphatic heterocycles. The van der Waals surface area contributed by atoms with E-state index in [1.165, 1.54) is 0 Å². The monoisotopic (exact) mass is 424 g/mol. The number of halogens is 2. The second kappa shape index (κ2) is 7.29. The van der Waals surface area contributed by atoms with E-state index >= 15 is 0 Å². The second-order valence-corrected chi connectivity index (χ2v) is 7.09. The summed E-state index contributed by atoms with van der Waals surface area (Å²) < 4.78 is 1.99. The zero-order valence-corrected chi connectivity index (χ0v) is 15.9. The number of urea groups is 1. The van der Waals surface area contributed by atoms with Crippen LogP contribution in [0, 0.1) is 0 Å². The molecule has 3 nitrogen and oxygen atoms in total. The third-order valence-electron chi connectivity index (χ3n) is 3.33. The van der Waals surface area contributed by atoms with Gasteiger partial charge in [-0.3, -0.25) is 9.80 Å². The van der Waals surface area contributed by atoms with Gasteiger partial charge in [-0.15, -0.1) is 0 Å². The summed E-state index contributed by atoms with van der Waals surface area (Å²) in [7, 11) is 1.79. The molecule has 2 amide bonds. The van der Waals surface area contributed by atoms with Gasteiger partial charge in [0.15, 0.2) is 0 Å². The van der Waals surface area contributed by atoms with Gasteiger partial charge in [0.2, 0.25) is 0 Å². The van der Waals surface area contributed by atoms with E-state index in [4.69, 9.17) is 0 Å². The molecule has 0 bridgehead atoms. The fourth-order valence-corrected chi connectivity index (χ4v) is 2.70. The van der Waals surface area contributed by atoms with E-state index in [0.29, 0.717) is 0 Å². The molecule has 0 aromatic heterocycles. The number of nitrogens with zero attached hydrogens (tertiary/aromatic N) is 2. The third-order valence-corrected chi connectivity index (χ3v) is 4.39. The summed E-state index contributed by atoms with van der Waals surface area (Å²) in [5, 5.41) is 0. The topological polar surface area (TPSA) is 23.6 Å². The lowest BCUT2D eigenvalue weighted by atomic mass is 10.2. The Morgan fingerprint density at radius 2 is 1.27 bits per heavy atom. The fourth-order valence-electron chi connectivity index (χ4n) is 2.17. The Bertz CT molecular complexity index is 639. The van der Waals surface area contributed by atoms with Gasteiger partial charge in [0, 0.05) is 33.4 Å². The molecule has 0 N–H and O–H groups in total. The molecule has 0 fully saturated rings. The summed E-state index contributed by atoms with van der Waals surface area (Å²) in [5.74, 6) is 0. The summed E-state index contributed by atoms with van der Waals surface area (Å²) in [6.45, 7) is 4.02. The molecule has 0 saturated carbocycles. The van der Waals surface area contributed by atoms with Gasteiger partial charge in [0.25, 0.3) is 0 Å². The largest absolute Gasteiger partial charge is 0.328 e. The Balaban J connectivity index is 2.30. The first-order valence-corrected chi connectivity index (χ1v) is 8.57. The number of benzene rings is 2. The van der Waals surface area contributed by atoms with Crippen LogP contribution in [-0.4, -0.2) is 19.1 Å². The number of hydrogen-bond acceptors (Lipinski definition) is 1. The smallest absolute Gasteiger partial charge is 0.297 e. The quantitative estimate of drug-likeness (QED) is 0.620. The summed E-state index contributed by atoms with van der Waals surface area (Å²) in [6.07, 6.45) is 0. The standard InChI is InChI=1S/C17H18Br2N2O/c1-12(2)21(16-10-6-14(19)7-11-16)17(22)20(3)15-8-4-13(18)5-9-15/h4-12H,1-3H3. The Labute approximate surface area is 148 Å². The third kappa shape index (κ3) is 3.90. The molecule has 0 radical (unpaired) electrons. The first-order valence-electron chi connectivity index (χ1n) is 6.98. The van der Waals surface area contributed by atoms with Crippen molar-refractivity contribution in [2.75, 3.05) is 16.8 Å². The highest BCUT2D eigenvalue weighted by Gasteiger charge is 2.23. The SMILES string of the molecule is CC(C)N(C(=O)N(C)c1ccc(Br)cc1)c1ccc(Br)cc1. The normalized spacial score (nSPS) is 10.6. The lowest BCUT2D eigenvalue weighted by Gasteiger charge is -2.31. The number of anilines is 2. The van der Waals surface area contributed by atoms with Crippen molar-refractivity contribution in [2.45, 2.75) is 19.9 Å². The van der Waals surface area contributed by atoms with E-state index in [0.717, 1.165) is 20.3 Å². The van der Waals surface area contributed by atoms with Gasteiger partial charge >= 0.3 is 6.03 Å². The molecular weight excluding hydrogens is 408 g/mol. The lowest BCUT2D eigenvalue weighted by Crippen LogP contribution is -2.45. The maximum atomic E-state index is 12.9. The summed E-state index contributed by atoms with van der Waals surface area (Å²) in [6, 6.07) is 15.5. The van der Waals surface area contributed by atoms with Crippen LogP contribution >= 0.6 is 31.9 Å². The van der Waals surface area contributed by atoms with Crippen LogP contribution in [0.4, 0.5) is 16.2 Å². The zero-order valence-electron chi connectivity index (χ0n) is 12.8. The lowest BCUT2D eigenvalue weighted by molar-refractivity contribution is 0.251. The molecule has 0 unspecified atom stereocenters. The minimum atomic E-state index is -0.0559. The molecular formula is C17H18Br2N2O. The average Bonchev–Trinajstić information content (AvgIpc) is 2.49. The van der Waals surface area contributed by atoms with E-state index in [2.05, 4.69) is 31.9 Å². The maximum Gasteiger partial charge on any atom is 0.328 e. The highest BCUT2D eigenvalue weighted by atomic mass is 79.9. The number of amides is 2. The van der Waals surface area contributed by atoms with Gasteiger partial charge in [-0.1, -0.05) is 31.9 Å². The van der Waals surface area contributed by atoms with Crippen LogP contribution in [0.25, 0.3) is 0 Å². The van der Waals surface area contributed by atoms with Crippen LogP contribution in [0.1, 0.15) is 13.8 Å². The molecule has 2 rings (SSSR count). The molecule has 2 aromatic carbocycles. The summed E-state index contributed by atoms with van der Waals surface area (Å²) in [4.78, 5) is 16.3. The number of rotatable bonds is 3. The van der Waals surface area contributed by atoms with Crippen molar-refractivity contribution in [3.05, 3.63) is 57.5 Å². The molecule has 0 spiro atoms. The van der Waals surface area contributed by atoms with Crippen LogP contribution in [0.2, 0.25) is 0 Å². The Morgan fingerprint density at radius 3 is 1.68 bits per heavy atom. The van der Waals surface area contributed by atoms with Crippen molar-refractivity contribution in [2.24, 2.45) is 0 Å². The first kappa shape index (κ1) is 17.0. The number of carbonyl (C=O) groups is 1. The second-order valence-electron chi connectivity index (χ2n) is 5.26. The van der Waals surface area contributed by atoms with E-state index in [1.54, 1.807) is 16.8 Å². The molecule has 0 atom stereocenters. The molecule has 0 aliphatic carbocycles. The Kier molecular flexibility index (Phi) is 5.64. The van der Waals surface area contributed by atoms with Gasteiger partial charge < -0.3 is 0 Å². The van der Waals surface area contributed by atoms with E-state index in [-0.39, 0.29) is 12.1 Å². The van der Waals surface area contributed by atoms with E-state index < -0.39 is 0 Å². The molecule has 5 heteroatoms. The minimum absolute atomic E-state index is 0.0559. The molecule has 0 saturated heterocycles. The Hall–Kier alpha value is -1.33. The predicted molar refractivity (Wildman–Crippen MR) is 99.7 cm³/mol. The first-order chi connectivity index (χ1) is 10.4. The molecule has 22 heavy (non-hydrogen) atoms.